The van der Waals surface area contributed by atoms with E-state index in [9.17, 15) is 4.39 Å². The van der Waals surface area contributed by atoms with Crippen LogP contribution >= 0.6 is 0 Å². The Kier molecular flexibility index (Phi) is 6.50. The molecule has 0 amide bonds. The molecule has 1 aliphatic heterocycles. The van der Waals surface area contributed by atoms with Crippen molar-refractivity contribution in [2.75, 3.05) is 38.2 Å². The molecule has 1 saturated heterocycles. The molecule has 4 rings (SSSR count). The van der Waals surface area contributed by atoms with Gasteiger partial charge in [-0.1, -0.05) is 36.4 Å². The van der Waals surface area contributed by atoms with Crippen molar-refractivity contribution in [1.82, 2.24) is 4.90 Å². The van der Waals surface area contributed by atoms with Crippen LogP contribution in [0.5, 0.6) is 11.5 Å². The van der Waals surface area contributed by atoms with Gasteiger partial charge in [0.05, 0.1) is 7.11 Å². The van der Waals surface area contributed by atoms with Crippen LogP contribution in [-0.4, -0.2) is 38.2 Å². The van der Waals surface area contributed by atoms with Crippen LogP contribution in [0.15, 0.2) is 72.8 Å². The number of hydrogen-bond donors (Lipinski definition) is 0. The van der Waals surface area contributed by atoms with Gasteiger partial charge in [0.2, 0.25) is 0 Å². The van der Waals surface area contributed by atoms with Gasteiger partial charge in [0, 0.05) is 50.0 Å². The van der Waals surface area contributed by atoms with Crippen molar-refractivity contribution in [2.45, 2.75) is 13.2 Å². The van der Waals surface area contributed by atoms with Crippen LogP contribution < -0.4 is 14.4 Å². The summed E-state index contributed by atoms with van der Waals surface area (Å²) in [6.45, 7) is 5.12. The number of hydrogen-bond acceptors (Lipinski definition) is 4. The second-order valence-corrected chi connectivity index (χ2v) is 7.49. The Bertz CT molecular complexity index is 939. The van der Waals surface area contributed by atoms with Crippen molar-refractivity contribution in [2.24, 2.45) is 0 Å². The highest BCUT2D eigenvalue weighted by Crippen LogP contribution is 2.27. The summed E-state index contributed by atoms with van der Waals surface area (Å²) < 4.78 is 24.7. The minimum absolute atomic E-state index is 0.194. The molecule has 1 fully saturated rings. The fraction of sp³-hybridized carbons (Fsp3) is 0.280. The monoisotopic (exact) mass is 406 g/mol. The maximum absolute atomic E-state index is 13.1. The number of halogens is 1. The molecule has 1 heterocycles. The van der Waals surface area contributed by atoms with Gasteiger partial charge in [0.25, 0.3) is 0 Å². The first-order valence-electron chi connectivity index (χ1n) is 10.3. The largest absolute Gasteiger partial charge is 0.496 e. The van der Waals surface area contributed by atoms with Gasteiger partial charge in [0.15, 0.2) is 0 Å². The molecule has 3 aromatic rings. The summed E-state index contributed by atoms with van der Waals surface area (Å²) in [4.78, 5) is 4.72. The van der Waals surface area contributed by atoms with Crippen LogP contribution in [0, 0.1) is 5.82 Å². The molecule has 0 bridgehead atoms. The zero-order chi connectivity index (χ0) is 20.8. The second kappa shape index (κ2) is 9.63. The lowest BCUT2D eigenvalue weighted by Crippen LogP contribution is -2.46. The average Bonchev–Trinajstić information content (AvgIpc) is 2.80. The minimum Gasteiger partial charge on any atom is -0.496 e. The van der Waals surface area contributed by atoms with Gasteiger partial charge in [-0.25, -0.2) is 4.39 Å². The Morgan fingerprint density at radius 2 is 1.60 bits per heavy atom. The van der Waals surface area contributed by atoms with E-state index in [4.69, 9.17) is 9.47 Å². The molecule has 0 aliphatic carbocycles. The van der Waals surface area contributed by atoms with E-state index in [0.29, 0.717) is 6.61 Å². The van der Waals surface area contributed by atoms with Gasteiger partial charge in [-0.3, -0.25) is 4.90 Å². The molecular weight excluding hydrogens is 379 g/mol. The summed E-state index contributed by atoms with van der Waals surface area (Å²) >= 11 is 0. The zero-order valence-corrected chi connectivity index (χ0v) is 17.3. The first-order chi connectivity index (χ1) is 14.7. The maximum atomic E-state index is 13.1. The number of piperazine rings is 1. The summed E-state index contributed by atoms with van der Waals surface area (Å²) in [6, 6.07) is 22.9. The Morgan fingerprint density at radius 1 is 0.867 bits per heavy atom. The van der Waals surface area contributed by atoms with Gasteiger partial charge < -0.3 is 14.4 Å². The molecule has 5 heteroatoms. The molecule has 156 valence electrons. The lowest BCUT2D eigenvalue weighted by atomic mass is 10.1. The molecule has 3 aromatic carbocycles. The first kappa shape index (κ1) is 20.2. The number of nitrogens with zero attached hydrogens (tertiary/aromatic N) is 2. The SMILES string of the molecule is COc1cc(OCc2ccccc2)ccc1CN1CCN(c2ccc(F)cc2)CC1. The molecule has 30 heavy (non-hydrogen) atoms. The molecule has 0 unspecified atom stereocenters. The standard InChI is InChI=1S/C25H27FN2O2/c1-29-25-17-24(30-19-20-5-3-2-4-6-20)12-7-21(25)18-27-13-15-28(16-14-27)23-10-8-22(26)9-11-23/h2-12,17H,13-16,18-19H2,1H3. The summed E-state index contributed by atoms with van der Waals surface area (Å²) in [5.41, 5.74) is 3.37. The number of ether oxygens (including phenoxy) is 2. The molecule has 1 aliphatic rings. The van der Waals surface area contributed by atoms with Crippen molar-refractivity contribution < 1.29 is 13.9 Å². The van der Waals surface area contributed by atoms with Crippen molar-refractivity contribution in [3.8, 4) is 11.5 Å². The summed E-state index contributed by atoms with van der Waals surface area (Å²) in [6.07, 6.45) is 0. The molecular formula is C25H27FN2O2. The van der Waals surface area contributed by atoms with Crippen LogP contribution in [0.2, 0.25) is 0 Å². The zero-order valence-electron chi connectivity index (χ0n) is 17.3. The van der Waals surface area contributed by atoms with E-state index >= 15 is 0 Å². The van der Waals surface area contributed by atoms with Crippen molar-refractivity contribution in [3.05, 3.63) is 89.7 Å². The topological polar surface area (TPSA) is 24.9 Å². The lowest BCUT2D eigenvalue weighted by Gasteiger charge is -2.36. The fourth-order valence-corrected chi connectivity index (χ4v) is 3.74. The fourth-order valence-electron chi connectivity index (χ4n) is 3.74. The van der Waals surface area contributed by atoms with E-state index < -0.39 is 0 Å². The van der Waals surface area contributed by atoms with Gasteiger partial charge >= 0.3 is 0 Å². The van der Waals surface area contributed by atoms with Crippen molar-refractivity contribution >= 4 is 5.69 Å². The minimum atomic E-state index is -0.194. The molecule has 4 nitrogen and oxygen atoms in total. The molecule has 0 radical (unpaired) electrons. The third-order valence-corrected chi connectivity index (χ3v) is 5.46. The van der Waals surface area contributed by atoms with Crippen molar-refractivity contribution in [3.63, 3.8) is 0 Å². The highest BCUT2D eigenvalue weighted by atomic mass is 19.1. The highest BCUT2D eigenvalue weighted by Gasteiger charge is 2.19. The van der Waals surface area contributed by atoms with Crippen LogP contribution in [-0.2, 0) is 13.2 Å². The number of rotatable bonds is 7. The lowest BCUT2D eigenvalue weighted by molar-refractivity contribution is 0.245. The van der Waals surface area contributed by atoms with Gasteiger partial charge in [-0.2, -0.15) is 0 Å². The van der Waals surface area contributed by atoms with Crippen molar-refractivity contribution in [1.29, 1.82) is 0 Å². The third kappa shape index (κ3) is 5.10. The molecule has 0 N–H and O–H groups in total. The van der Waals surface area contributed by atoms with Gasteiger partial charge in [-0.15, -0.1) is 0 Å². The third-order valence-electron chi connectivity index (χ3n) is 5.46. The summed E-state index contributed by atoms with van der Waals surface area (Å²) in [5.74, 6) is 1.46. The van der Waals surface area contributed by atoms with E-state index in [-0.39, 0.29) is 5.82 Å². The quantitative estimate of drug-likeness (QED) is 0.566. The second-order valence-electron chi connectivity index (χ2n) is 7.49. The summed E-state index contributed by atoms with van der Waals surface area (Å²) in [7, 11) is 1.70. The molecule has 0 spiro atoms. The van der Waals surface area contributed by atoms with E-state index in [2.05, 4.69) is 28.0 Å². The van der Waals surface area contributed by atoms with E-state index in [0.717, 1.165) is 61.0 Å². The predicted octanol–water partition coefficient (Wildman–Crippen LogP) is 4.74. The normalized spacial score (nSPS) is 14.5. The van der Waals surface area contributed by atoms with Gasteiger partial charge in [-0.05, 0) is 35.9 Å². The Balaban J connectivity index is 1.33. The molecule has 0 atom stereocenters. The van der Waals surface area contributed by atoms with Gasteiger partial charge in [0.1, 0.15) is 23.9 Å². The van der Waals surface area contributed by atoms with E-state index in [1.807, 2.05) is 42.5 Å². The first-order valence-corrected chi connectivity index (χ1v) is 10.3. The van der Waals surface area contributed by atoms with Crippen LogP contribution in [0.25, 0.3) is 0 Å². The average molecular weight is 407 g/mol. The Hall–Kier alpha value is -3.05. The molecule has 0 aromatic heterocycles. The Labute approximate surface area is 177 Å². The highest BCUT2D eigenvalue weighted by molar-refractivity contribution is 5.47. The number of methoxy groups -OCH3 is 1. The van der Waals surface area contributed by atoms with Crippen LogP contribution in [0.4, 0.5) is 10.1 Å². The van der Waals surface area contributed by atoms with Crippen LogP contribution in [0.3, 0.4) is 0 Å². The summed E-state index contributed by atoms with van der Waals surface area (Å²) in [5, 5.41) is 0. The maximum Gasteiger partial charge on any atom is 0.127 e. The number of anilines is 1. The Morgan fingerprint density at radius 3 is 2.30 bits per heavy atom. The smallest absolute Gasteiger partial charge is 0.127 e. The van der Waals surface area contributed by atoms with Crippen LogP contribution in [0.1, 0.15) is 11.1 Å². The number of benzene rings is 3. The van der Waals surface area contributed by atoms with E-state index in [1.165, 1.54) is 12.1 Å². The predicted molar refractivity (Wildman–Crippen MR) is 118 cm³/mol. The van der Waals surface area contributed by atoms with E-state index in [1.54, 1.807) is 7.11 Å². The molecule has 0 saturated carbocycles.